The van der Waals surface area contributed by atoms with Gasteiger partial charge in [0.25, 0.3) is 0 Å². The predicted octanol–water partition coefficient (Wildman–Crippen LogP) is -0.896. The molecule has 0 aromatic heterocycles. The van der Waals surface area contributed by atoms with Gasteiger partial charge in [0, 0.05) is 6.54 Å². The average molecular weight is 240 g/mol. The smallest absolute Gasteiger partial charge is 0.337 e. The van der Waals surface area contributed by atoms with Gasteiger partial charge in [0.15, 0.2) is 0 Å². The molecule has 0 aliphatic heterocycles. The summed E-state index contributed by atoms with van der Waals surface area (Å²) in [6.07, 6.45) is 0. The third-order valence-corrected chi connectivity index (χ3v) is 3.31. The number of nitrogens with two attached hydrogens (primary N) is 2. The lowest BCUT2D eigenvalue weighted by Crippen LogP contribution is -2.21. The zero-order valence-electron chi connectivity index (χ0n) is 8.84. The van der Waals surface area contributed by atoms with Crippen molar-refractivity contribution in [1.82, 2.24) is 5.23 Å². The third-order valence-electron chi connectivity index (χ3n) is 1.93. The van der Waals surface area contributed by atoms with Gasteiger partial charge in [0.05, 0.1) is 4.90 Å². The van der Waals surface area contributed by atoms with Crippen molar-refractivity contribution in [2.24, 2.45) is 15.2 Å². The number of carbonyl (C=O) groups excluding carboxylic acids is 1. The fourth-order valence-electron chi connectivity index (χ4n) is 1.04. The number of amides is 2. The quantitative estimate of drug-likeness (QED) is 0.582. The van der Waals surface area contributed by atoms with Crippen LogP contribution >= 0.6 is 0 Å². The molecule has 0 heterocycles. The first kappa shape index (κ1) is 12.7. The summed E-state index contributed by atoms with van der Waals surface area (Å²) in [6.45, 7) is 0.388. The molecule has 1 aromatic carbocycles. The van der Waals surface area contributed by atoms with E-state index in [2.05, 4.69) is 9.59 Å². The highest BCUT2D eigenvalue weighted by atomic mass is 32.2. The van der Waals surface area contributed by atoms with E-state index in [4.69, 9.17) is 10.9 Å². The second-order valence-electron chi connectivity index (χ2n) is 3.06. The van der Waals surface area contributed by atoms with Gasteiger partial charge in [0.1, 0.15) is 9.92 Å². The summed E-state index contributed by atoms with van der Waals surface area (Å²) >= 11 is 0. The van der Waals surface area contributed by atoms with Gasteiger partial charge in [-0.05, 0) is 17.7 Å². The molecule has 1 unspecified atom stereocenters. The van der Waals surface area contributed by atoms with E-state index >= 15 is 0 Å². The fraction of sp³-hybridized carbons (Fsp3) is 0.125. The van der Waals surface area contributed by atoms with Crippen molar-refractivity contribution in [2.45, 2.75) is 11.4 Å². The third kappa shape index (κ3) is 3.06. The van der Waals surface area contributed by atoms with Crippen molar-refractivity contribution < 1.29 is 9.00 Å². The van der Waals surface area contributed by atoms with Crippen molar-refractivity contribution in [1.29, 1.82) is 0 Å². The van der Waals surface area contributed by atoms with Crippen LogP contribution in [-0.4, -0.2) is 18.2 Å². The van der Waals surface area contributed by atoms with E-state index < -0.39 is 15.9 Å². The molecule has 1 aromatic rings. The Morgan fingerprint density at radius 1 is 1.44 bits per heavy atom. The summed E-state index contributed by atoms with van der Waals surface area (Å²) in [5.74, 6) is 0. The van der Waals surface area contributed by atoms with Gasteiger partial charge in [-0.3, -0.25) is 0 Å². The topological polar surface area (TPSA) is 111 Å². The highest BCUT2D eigenvalue weighted by molar-refractivity contribution is 7.91. The number of rotatable bonds is 2. The van der Waals surface area contributed by atoms with Crippen LogP contribution in [0.1, 0.15) is 5.56 Å². The lowest BCUT2D eigenvalue weighted by molar-refractivity contribution is 0.254. The highest BCUT2D eigenvalue weighted by Gasteiger charge is 2.08. The molecule has 16 heavy (non-hydrogen) atoms. The monoisotopic (exact) mass is 240 g/mol. The normalized spacial score (nSPS) is 13.9. The number of nitrogens with zero attached hydrogens (tertiary/aromatic N) is 1. The molecule has 86 valence electrons. The Hall–Kier alpha value is -1.38. The zero-order valence-corrected chi connectivity index (χ0v) is 9.66. The summed E-state index contributed by atoms with van der Waals surface area (Å²) in [5.41, 5.74) is 6.31. The van der Waals surface area contributed by atoms with Crippen molar-refractivity contribution in [3.05, 3.63) is 29.8 Å². The molecule has 2 amide bonds. The zero-order chi connectivity index (χ0) is 12.2. The molecule has 0 spiro atoms. The second-order valence-corrected chi connectivity index (χ2v) is 4.85. The Bertz CT molecular complexity index is 493. The average Bonchev–Trinajstić information content (AvgIpc) is 2.28. The summed E-state index contributed by atoms with van der Waals surface area (Å²) in [5, 5.41) is 7.70. The van der Waals surface area contributed by atoms with Crippen LogP contribution in [0.5, 0.6) is 0 Å². The number of benzene rings is 1. The fourth-order valence-corrected chi connectivity index (χ4v) is 2.01. The Balaban J connectivity index is 3.12. The summed E-state index contributed by atoms with van der Waals surface area (Å²) < 4.78 is 15.3. The number of hydrogen-bond acceptors (Lipinski definition) is 3. The van der Waals surface area contributed by atoms with Gasteiger partial charge in [-0.2, -0.15) is 0 Å². The number of nitrogens with one attached hydrogen (secondary N) is 1. The minimum Gasteiger partial charge on any atom is -0.386 e. The van der Waals surface area contributed by atoms with E-state index in [1.807, 2.05) is 0 Å². The molecule has 0 aliphatic carbocycles. The molecule has 6 nitrogen and oxygen atoms in total. The SMILES string of the molecule is BNC(=O)N=S(N)(=O)c1ccc(CN)cc1. The first-order valence-corrected chi connectivity index (χ1v) is 6.13. The molecule has 8 heteroatoms. The Labute approximate surface area is 95.1 Å². The van der Waals surface area contributed by atoms with Crippen molar-refractivity contribution in [2.75, 3.05) is 0 Å². The molecule has 0 bridgehead atoms. The van der Waals surface area contributed by atoms with Crippen LogP contribution in [0.25, 0.3) is 0 Å². The van der Waals surface area contributed by atoms with Crippen molar-refractivity contribution in [3.63, 3.8) is 0 Å². The second kappa shape index (κ2) is 5.11. The number of carbonyl (C=O) groups is 1. The molecular weight excluding hydrogens is 227 g/mol. The summed E-state index contributed by atoms with van der Waals surface area (Å²) in [6, 6.07) is 5.78. The molecular formula is C8H13BN4O2S. The van der Waals surface area contributed by atoms with Gasteiger partial charge >= 0.3 is 6.03 Å². The molecule has 0 saturated carbocycles. The molecule has 5 N–H and O–H groups in total. The van der Waals surface area contributed by atoms with Crippen molar-refractivity contribution in [3.8, 4) is 0 Å². The lowest BCUT2D eigenvalue weighted by atomic mass is 10.2. The molecule has 0 aliphatic rings. The van der Waals surface area contributed by atoms with Crippen molar-refractivity contribution >= 4 is 23.9 Å². The van der Waals surface area contributed by atoms with E-state index in [0.717, 1.165) is 5.56 Å². The standard InChI is InChI=1S/C8H13BN4O2S/c9-12-8(14)13-16(11,15)7-3-1-6(5-10)2-4-7/h1-4H,5,9-10H2,(H3,11,12,13,14,15). The highest BCUT2D eigenvalue weighted by Crippen LogP contribution is 2.10. The maximum Gasteiger partial charge on any atom is 0.337 e. The Morgan fingerprint density at radius 3 is 2.44 bits per heavy atom. The first-order valence-electron chi connectivity index (χ1n) is 4.55. The van der Waals surface area contributed by atoms with Crippen LogP contribution in [-0.2, 0) is 16.5 Å². The van der Waals surface area contributed by atoms with E-state index in [-0.39, 0.29) is 0 Å². The van der Waals surface area contributed by atoms with Crippen LogP contribution in [0.3, 0.4) is 0 Å². The van der Waals surface area contributed by atoms with Gasteiger partial charge < -0.3 is 11.0 Å². The molecule has 1 atom stereocenters. The lowest BCUT2D eigenvalue weighted by Gasteiger charge is -2.04. The minimum absolute atomic E-state index is 0.299. The van der Waals surface area contributed by atoms with E-state index in [1.165, 1.54) is 7.98 Å². The molecule has 0 saturated heterocycles. The van der Waals surface area contributed by atoms with Crippen LogP contribution < -0.4 is 16.1 Å². The molecule has 1 rings (SSSR count). The maximum absolute atomic E-state index is 11.9. The van der Waals surface area contributed by atoms with Crippen LogP contribution in [0.4, 0.5) is 4.79 Å². The van der Waals surface area contributed by atoms with E-state index in [1.54, 1.807) is 24.3 Å². The predicted molar refractivity (Wildman–Crippen MR) is 64.4 cm³/mol. The van der Waals surface area contributed by atoms with Crippen LogP contribution in [0, 0.1) is 0 Å². The van der Waals surface area contributed by atoms with Gasteiger partial charge in [0.2, 0.25) is 7.98 Å². The number of hydrogen-bond donors (Lipinski definition) is 3. The van der Waals surface area contributed by atoms with E-state index in [0.29, 0.717) is 11.4 Å². The summed E-state index contributed by atoms with van der Waals surface area (Å²) in [4.78, 5) is 11.3. The first-order chi connectivity index (χ1) is 7.49. The minimum atomic E-state index is -3.17. The number of urea groups is 1. The largest absolute Gasteiger partial charge is 0.386 e. The van der Waals surface area contributed by atoms with Gasteiger partial charge in [-0.1, -0.05) is 12.1 Å². The molecule has 0 fully saturated rings. The van der Waals surface area contributed by atoms with Crippen LogP contribution in [0.2, 0.25) is 0 Å². The Kier molecular flexibility index (Phi) is 4.05. The molecule has 0 radical (unpaired) electrons. The Morgan fingerprint density at radius 2 is 2.00 bits per heavy atom. The van der Waals surface area contributed by atoms with E-state index in [9.17, 15) is 9.00 Å². The van der Waals surface area contributed by atoms with Crippen LogP contribution in [0.15, 0.2) is 33.5 Å². The summed E-state index contributed by atoms with van der Waals surface area (Å²) in [7, 11) is -1.79. The maximum atomic E-state index is 11.9. The van der Waals surface area contributed by atoms with Gasteiger partial charge in [-0.15, -0.1) is 4.36 Å². The van der Waals surface area contributed by atoms with Gasteiger partial charge in [-0.25, -0.2) is 14.1 Å².